The van der Waals surface area contributed by atoms with Crippen LogP contribution in [-0.2, 0) is 19.4 Å². The Kier molecular flexibility index (Phi) is 5.00. The maximum Gasteiger partial charge on any atom is 0.259 e. The van der Waals surface area contributed by atoms with Gasteiger partial charge in [-0.1, -0.05) is 24.8 Å². The van der Waals surface area contributed by atoms with Crippen molar-refractivity contribution in [3.8, 4) is 0 Å². The van der Waals surface area contributed by atoms with Gasteiger partial charge >= 0.3 is 0 Å². The lowest BCUT2D eigenvalue weighted by Crippen LogP contribution is -2.15. The van der Waals surface area contributed by atoms with Crippen molar-refractivity contribution in [1.29, 1.82) is 0 Å². The summed E-state index contributed by atoms with van der Waals surface area (Å²) in [7, 11) is 0. The van der Waals surface area contributed by atoms with Gasteiger partial charge < -0.3 is 4.98 Å². The Labute approximate surface area is 179 Å². The lowest BCUT2D eigenvalue weighted by atomic mass is 9.89. The molecular weight excluding hydrogens is 424 g/mol. The van der Waals surface area contributed by atoms with Gasteiger partial charge in [0.25, 0.3) is 5.56 Å². The molecule has 0 aromatic carbocycles. The van der Waals surface area contributed by atoms with Crippen LogP contribution in [0.5, 0.6) is 0 Å². The molecule has 10 heteroatoms. The third-order valence-corrected chi connectivity index (χ3v) is 8.33. The molecule has 4 aromatic rings. The minimum atomic E-state index is -0.0711. The molecule has 0 amide bonds. The van der Waals surface area contributed by atoms with Crippen LogP contribution in [0.3, 0.4) is 0 Å². The van der Waals surface area contributed by atoms with Crippen molar-refractivity contribution in [1.82, 2.24) is 30.2 Å². The Hall–Kier alpha value is -2.04. The molecule has 0 unspecified atom stereocenters. The van der Waals surface area contributed by atoms with Gasteiger partial charge in [0.1, 0.15) is 10.7 Å². The number of nitrogens with one attached hydrogen (secondary N) is 1. The van der Waals surface area contributed by atoms with Gasteiger partial charge in [-0.3, -0.25) is 4.79 Å². The standard InChI is InChI=1S/C19H20N6OS3/c1-10-5-6-13-14(8-10)29-18-15(13)17(26)20-16(21-18)11(2)28-19-22-23-24-25(19)9-12-4-3-7-27-12/h3-4,7,10-11H,5-6,8-9H2,1-2H3,(H,20,21,26)/t10-,11-/m0/s1. The van der Waals surface area contributed by atoms with Crippen LogP contribution in [0.15, 0.2) is 27.5 Å². The fraction of sp³-hybridized carbons (Fsp3) is 0.421. The maximum atomic E-state index is 12.9. The van der Waals surface area contributed by atoms with E-state index in [1.807, 2.05) is 18.4 Å². The molecule has 1 aliphatic rings. The number of thioether (sulfide) groups is 1. The fourth-order valence-corrected chi connectivity index (χ4v) is 6.62. The first-order valence-electron chi connectivity index (χ1n) is 9.58. The Morgan fingerprint density at radius 1 is 1.45 bits per heavy atom. The van der Waals surface area contributed by atoms with Crippen LogP contribution in [0, 0.1) is 5.92 Å². The summed E-state index contributed by atoms with van der Waals surface area (Å²) in [5.41, 5.74) is 1.19. The van der Waals surface area contributed by atoms with Crippen LogP contribution in [0.25, 0.3) is 10.2 Å². The molecule has 4 aromatic heterocycles. The topological polar surface area (TPSA) is 89.3 Å². The minimum absolute atomic E-state index is 0.0253. The summed E-state index contributed by atoms with van der Waals surface area (Å²) < 4.78 is 1.79. The van der Waals surface area contributed by atoms with Gasteiger partial charge in [0.2, 0.25) is 5.16 Å². The second kappa shape index (κ2) is 7.66. The number of tetrazole rings is 1. The highest BCUT2D eigenvalue weighted by atomic mass is 32.2. The van der Waals surface area contributed by atoms with Crippen molar-refractivity contribution >= 4 is 44.7 Å². The van der Waals surface area contributed by atoms with Crippen molar-refractivity contribution in [2.45, 2.75) is 50.1 Å². The molecule has 0 fully saturated rings. The molecule has 0 spiro atoms. The van der Waals surface area contributed by atoms with Gasteiger partial charge in [0.15, 0.2) is 0 Å². The van der Waals surface area contributed by atoms with Gasteiger partial charge in [-0.15, -0.1) is 27.8 Å². The van der Waals surface area contributed by atoms with E-state index >= 15 is 0 Å². The molecule has 5 rings (SSSR count). The predicted molar refractivity (Wildman–Crippen MR) is 117 cm³/mol. The van der Waals surface area contributed by atoms with Crippen molar-refractivity contribution in [2.24, 2.45) is 5.92 Å². The number of thiophene rings is 2. The minimum Gasteiger partial charge on any atom is -0.309 e. The number of nitrogens with zero attached hydrogens (tertiary/aromatic N) is 5. The van der Waals surface area contributed by atoms with E-state index in [1.165, 1.54) is 27.1 Å². The van der Waals surface area contributed by atoms with Crippen LogP contribution in [0.1, 0.15) is 46.7 Å². The van der Waals surface area contributed by atoms with Crippen molar-refractivity contribution in [3.05, 3.63) is 49.0 Å². The Balaban J connectivity index is 1.43. The number of H-pyrrole nitrogens is 1. The first kappa shape index (κ1) is 19.0. The van der Waals surface area contributed by atoms with Crippen LogP contribution < -0.4 is 5.56 Å². The van der Waals surface area contributed by atoms with E-state index in [2.05, 4.69) is 33.5 Å². The molecule has 0 radical (unpaired) electrons. The number of fused-ring (bicyclic) bond motifs is 3. The summed E-state index contributed by atoms with van der Waals surface area (Å²) in [5.74, 6) is 1.34. The highest BCUT2D eigenvalue weighted by Crippen LogP contribution is 2.37. The number of aromatic nitrogens is 6. The summed E-state index contributed by atoms with van der Waals surface area (Å²) in [6.45, 7) is 4.93. The number of aryl methyl sites for hydroxylation is 1. The fourth-order valence-electron chi connectivity index (χ4n) is 3.70. The molecule has 0 aliphatic heterocycles. The zero-order valence-corrected chi connectivity index (χ0v) is 18.5. The van der Waals surface area contributed by atoms with E-state index < -0.39 is 0 Å². The highest BCUT2D eigenvalue weighted by Gasteiger charge is 2.24. The molecule has 1 aliphatic carbocycles. The second-order valence-electron chi connectivity index (χ2n) is 7.44. The van der Waals surface area contributed by atoms with Gasteiger partial charge in [-0.2, -0.15) is 0 Å². The largest absolute Gasteiger partial charge is 0.309 e. The van der Waals surface area contributed by atoms with Gasteiger partial charge in [-0.25, -0.2) is 9.67 Å². The summed E-state index contributed by atoms with van der Waals surface area (Å²) in [5, 5.41) is 15.6. The zero-order chi connectivity index (χ0) is 20.0. The molecular formula is C19H20N6OS3. The smallest absolute Gasteiger partial charge is 0.259 e. The molecule has 150 valence electrons. The van der Waals surface area contributed by atoms with Gasteiger partial charge in [0.05, 0.1) is 17.2 Å². The monoisotopic (exact) mass is 444 g/mol. The molecule has 1 N–H and O–H groups in total. The second-order valence-corrected chi connectivity index (χ2v) is 10.9. The molecule has 0 saturated carbocycles. The van der Waals surface area contributed by atoms with Gasteiger partial charge in [-0.05, 0) is 59.5 Å². The first-order chi connectivity index (χ1) is 14.1. The predicted octanol–water partition coefficient (Wildman–Crippen LogP) is 4.06. The SMILES string of the molecule is C[C@H]1CCc2c(sc3nc([C@H](C)Sc4nnnn4Cc4cccs4)[nH]c(=O)c23)C1. The van der Waals surface area contributed by atoms with Gasteiger partial charge in [0, 0.05) is 9.75 Å². The van der Waals surface area contributed by atoms with E-state index in [0.29, 0.717) is 23.4 Å². The Bertz CT molecular complexity index is 1210. The molecule has 7 nitrogen and oxygen atoms in total. The summed E-state index contributed by atoms with van der Waals surface area (Å²) in [6, 6.07) is 4.08. The third-order valence-electron chi connectivity index (χ3n) is 5.24. The van der Waals surface area contributed by atoms with E-state index in [4.69, 9.17) is 4.98 Å². The zero-order valence-electron chi connectivity index (χ0n) is 16.1. The van der Waals surface area contributed by atoms with Crippen LogP contribution >= 0.6 is 34.4 Å². The normalized spacial score (nSPS) is 17.5. The summed E-state index contributed by atoms with van der Waals surface area (Å²) >= 11 is 4.86. The quantitative estimate of drug-likeness (QED) is 0.467. The molecule has 29 heavy (non-hydrogen) atoms. The van der Waals surface area contributed by atoms with Crippen LogP contribution in [0.2, 0.25) is 0 Å². The molecule has 4 heterocycles. The lowest BCUT2D eigenvalue weighted by Gasteiger charge is -2.17. The number of rotatable bonds is 5. The van der Waals surface area contributed by atoms with Crippen LogP contribution in [0.4, 0.5) is 0 Å². The first-order valence-corrected chi connectivity index (χ1v) is 12.2. The number of aromatic amines is 1. The van der Waals surface area contributed by atoms with Crippen molar-refractivity contribution in [2.75, 3.05) is 0 Å². The third kappa shape index (κ3) is 3.64. The average molecular weight is 445 g/mol. The molecule has 0 saturated heterocycles. The Morgan fingerprint density at radius 2 is 2.34 bits per heavy atom. The highest BCUT2D eigenvalue weighted by molar-refractivity contribution is 7.99. The van der Waals surface area contributed by atoms with E-state index in [9.17, 15) is 4.79 Å². The number of hydrogen-bond acceptors (Lipinski definition) is 8. The lowest BCUT2D eigenvalue weighted by molar-refractivity contribution is 0.509. The summed E-state index contributed by atoms with van der Waals surface area (Å²) in [6.07, 6.45) is 3.16. The van der Waals surface area contributed by atoms with Crippen molar-refractivity contribution < 1.29 is 0 Å². The van der Waals surface area contributed by atoms with Crippen molar-refractivity contribution in [3.63, 3.8) is 0 Å². The summed E-state index contributed by atoms with van der Waals surface area (Å²) in [4.78, 5) is 24.1. The van der Waals surface area contributed by atoms with Crippen LogP contribution in [-0.4, -0.2) is 30.2 Å². The number of hydrogen-bond donors (Lipinski definition) is 1. The van der Waals surface area contributed by atoms with E-state index in [-0.39, 0.29) is 10.8 Å². The molecule has 0 bridgehead atoms. The maximum absolute atomic E-state index is 12.9. The molecule has 2 atom stereocenters. The van der Waals surface area contributed by atoms with E-state index in [1.54, 1.807) is 27.4 Å². The van der Waals surface area contributed by atoms with E-state index in [0.717, 1.165) is 29.5 Å². The average Bonchev–Trinajstić information content (AvgIpc) is 3.42. The Morgan fingerprint density at radius 3 is 3.17 bits per heavy atom.